The summed E-state index contributed by atoms with van der Waals surface area (Å²) in [5.41, 5.74) is 0.402. The molecule has 2 rings (SSSR count). The third-order valence-corrected chi connectivity index (χ3v) is 3.86. The molecule has 4 N–H and O–H groups in total. The Kier molecular flexibility index (Phi) is 5.49. The molecule has 0 radical (unpaired) electrons. The molecule has 5 atom stereocenters. The van der Waals surface area contributed by atoms with Gasteiger partial charge in [0.1, 0.15) is 18.0 Å². The Hall–Kier alpha value is -1.51. The predicted molar refractivity (Wildman–Crippen MR) is 75.4 cm³/mol. The van der Waals surface area contributed by atoms with E-state index in [1.807, 2.05) is 0 Å². The second-order valence-corrected chi connectivity index (χ2v) is 5.25. The quantitative estimate of drug-likeness (QED) is 0.532. The minimum atomic E-state index is -1.43. The van der Waals surface area contributed by atoms with E-state index in [9.17, 15) is 20.1 Å². The van der Waals surface area contributed by atoms with Crippen LogP contribution in [0, 0.1) is 5.92 Å². The zero-order valence-electron chi connectivity index (χ0n) is 12.1. The summed E-state index contributed by atoms with van der Waals surface area (Å²) >= 11 is 0. The van der Waals surface area contributed by atoms with Gasteiger partial charge in [-0.25, -0.2) is 0 Å². The molecule has 0 bridgehead atoms. The second-order valence-electron chi connectivity index (χ2n) is 5.25. The van der Waals surface area contributed by atoms with Crippen LogP contribution in [0.25, 0.3) is 0 Å². The maximum atomic E-state index is 12.2. The van der Waals surface area contributed by atoms with Crippen molar-refractivity contribution in [3.05, 3.63) is 29.8 Å². The molecule has 1 saturated heterocycles. The molecule has 0 saturated carbocycles. The van der Waals surface area contributed by atoms with Gasteiger partial charge in [-0.05, 0) is 24.3 Å². The van der Waals surface area contributed by atoms with E-state index in [0.29, 0.717) is 11.3 Å². The highest BCUT2D eigenvalue weighted by Crippen LogP contribution is 2.28. The Morgan fingerprint density at radius 3 is 2.36 bits per heavy atom. The van der Waals surface area contributed by atoms with Crippen LogP contribution in [0.5, 0.6) is 5.75 Å². The molecule has 7 heteroatoms. The van der Waals surface area contributed by atoms with Crippen molar-refractivity contribution < 1.29 is 34.7 Å². The number of ketones is 1. The monoisotopic (exact) mass is 312 g/mol. The molecule has 0 spiro atoms. The Labute approximate surface area is 127 Å². The van der Waals surface area contributed by atoms with E-state index in [4.69, 9.17) is 14.6 Å². The number of ether oxygens (including phenoxy) is 2. The Balaban J connectivity index is 2.06. The standard InChI is InChI=1S/C15H20O7/c1-21-9-4-2-8(3-5-9)11(17)6-10-13(18)14(19)12(7-16)22-15(10)20/h2-5,10,12-16,18-20H,6-7H2,1H3/t10-,12-,13-,14-,15?/m1/s1. The molecule has 1 heterocycles. The molecule has 0 amide bonds. The first-order chi connectivity index (χ1) is 10.5. The summed E-state index contributed by atoms with van der Waals surface area (Å²) in [6.07, 6.45) is -5.41. The largest absolute Gasteiger partial charge is 0.497 e. The summed E-state index contributed by atoms with van der Waals surface area (Å²) in [7, 11) is 1.52. The van der Waals surface area contributed by atoms with Gasteiger partial charge in [0.2, 0.25) is 0 Å². The topological polar surface area (TPSA) is 116 Å². The maximum Gasteiger partial charge on any atom is 0.163 e. The summed E-state index contributed by atoms with van der Waals surface area (Å²) < 4.78 is 10.0. The lowest BCUT2D eigenvalue weighted by molar-refractivity contribution is -0.268. The van der Waals surface area contributed by atoms with Crippen molar-refractivity contribution >= 4 is 5.78 Å². The van der Waals surface area contributed by atoms with E-state index >= 15 is 0 Å². The summed E-state index contributed by atoms with van der Waals surface area (Å²) in [5, 5.41) is 38.7. The smallest absolute Gasteiger partial charge is 0.163 e. The van der Waals surface area contributed by atoms with Crippen molar-refractivity contribution in [2.24, 2.45) is 5.92 Å². The van der Waals surface area contributed by atoms with Gasteiger partial charge in [0, 0.05) is 17.9 Å². The Morgan fingerprint density at radius 1 is 1.18 bits per heavy atom. The fraction of sp³-hybridized carbons (Fsp3) is 0.533. The van der Waals surface area contributed by atoms with Gasteiger partial charge in [-0.1, -0.05) is 0 Å². The molecule has 0 aliphatic carbocycles. The number of hydrogen-bond acceptors (Lipinski definition) is 7. The highest BCUT2D eigenvalue weighted by Gasteiger charge is 2.44. The number of hydrogen-bond donors (Lipinski definition) is 4. The molecular formula is C15H20O7. The number of Topliss-reactive ketones (excluding diaryl/α,β-unsaturated/α-hetero) is 1. The molecule has 1 aromatic rings. The fourth-order valence-corrected chi connectivity index (χ4v) is 2.48. The van der Waals surface area contributed by atoms with Crippen LogP contribution in [-0.2, 0) is 4.74 Å². The molecule has 1 unspecified atom stereocenters. The van der Waals surface area contributed by atoms with Crippen molar-refractivity contribution in [2.75, 3.05) is 13.7 Å². The van der Waals surface area contributed by atoms with Gasteiger partial charge in [-0.15, -0.1) is 0 Å². The van der Waals surface area contributed by atoms with Gasteiger partial charge >= 0.3 is 0 Å². The Morgan fingerprint density at radius 2 is 1.82 bits per heavy atom. The van der Waals surface area contributed by atoms with Gasteiger partial charge < -0.3 is 29.9 Å². The molecule has 1 aliphatic heterocycles. The van der Waals surface area contributed by atoms with Crippen LogP contribution in [0.2, 0.25) is 0 Å². The highest BCUT2D eigenvalue weighted by atomic mass is 16.6. The van der Waals surface area contributed by atoms with E-state index in [1.165, 1.54) is 7.11 Å². The first kappa shape index (κ1) is 16.9. The minimum absolute atomic E-state index is 0.191. The molecular weight excluding hydrogens is 292 g/mol. The third kappa shape index (κ3) is 3.45. The molecule has 22 heavy (non-hydrogen) atoms. The average molecular weight is 312 g/mol. The van der Waals surface area contributed by atoms with Crippen molar-refractivity contribution in [2.45, 2.75) is 31.0 Å². The van der Waals surface area contributed by atoms with Crippen molar-refractivity contribution in [1.29, 1.82) is 0 Å². The molecule has 1 aromatic carbocycles. The van der Waals surface area contributed by atoms with E-state index < -0.39 is 37.1 Å². The normalized spacial score (nSPS) is 31.8. The van der Waals surface area contributed by atoms with E-state index in [2.05, 4.69) is 0 Å². The average Bonchev–Trinajstić information content (AvgIpc) is 2.54. The van der Waals surface area contributed by atoms with Crippen LogP contribution >= 0.6 is 0 Å². The lowest BCUT2D eigenvalue weighted by Gasteiger charge is -2.39. The summed E-state index contributed by atoms with van der Waals surface area (Å²) in [6.45, 7) is -0.533. The van der Waals surface area contributed by atoms with E-state index in [1.54, 1.807) is 24.3 Å². The first-order valence-electron chi connectivity index (χ1n) is 6.95. The maximum absolute atomic E-state index is 12.2. The molecule has 1 fully saturated rings. The Bertz CT molecular complexity index is 501. The zero-order valence-corrected chi connectivity index (χ0v) is 12.1. The van der Waals surface area contributed by atoms with Crippen LogP contribution in [0.3, 0.4) is 0 Å². The second kappa shape index (κ2) is 7.17. The number of methoxy groups -OCH3 is 1. The molecule has 122 valence electrons. The van der Waals surface area contributed by atoms with Crippen molar-refractivity contribution in [3.63, 3.8) is 0 Å². The number of aliphatic hydroxyl groups is 4. The number of carbonyl (C=O) groups is 1. The molecule has 0 aromatic heterocycles. The SMILES string of the molecule is COc1ccc(C(=O)C[C@H]2C(O)O[C@H](CO)[C@@H](O)[C@@H]2O)cc1. The van der Waals surface area contributed by atoms with Gasteiger partial charge in [-0.3, -0.25) is 4.79 Å². The minimum Gasteiger partial charge on any atom is -0.497 e. The molecule has 1 aliphatic rings. The summed E-state index contributed by atoms with van der Waals surface area (Å²) in [4.78, 5) is 12.2. The van der Waals surface area contributed by atoms with Crippen molar-refractivity contribution in [3.8, 4) is 5.75 Å². The number of rotatable bonds is 5. The lowest BCUT2D eigenvalue weighted by atomic mass is 9.86. The van der Waals surface area contributed by atoms with Crippen LogP contribution in [0.1, 0.15) is 16.8 Å². The van der Waals surface area contributed by atoms with Crippen LogP contribution in [-0.4, -0.2) is 64.5 Å². The van der Waals surface area contributed by atoms with Gasteiger partial charge in [0.05, 0.1) is 19.8 Å². The van der Waals surface area contributed by atoms with Gasteiger partial charge in [-0.2, -0.15) is 0 Å². The summed E-state index contributed by atoms with van der Waals surface area (Å²) in [5.74, 6) is -0.657. The van der Waals surface area contributed by atoms with Gasteiger partial charge in [0.15, 0.2) is 12.1 Å². The van der Waals surface area contributed by atoms with E-state index in [0.717, 1.165) is 0 Å². The third-order valence-electron chi connectivity index (χ3n) is 3.86. The lowest BCUT2D eigenvalue weighted by Crippen LogP contribution is -2.56. The van der Waals surface area contributed by atoms with Gasteiger partial charge in [0.25, 0.3) is 0 Å². The van der Waals surface area contributed by atoms with E-state index in [-0.39, 0.29) is 12.2 Å². The summed E-state index contributed by atoms with van der Waals surface area (Å²) in [6, 6.07) is 6.43. The number of aliphatic hydroxyl groups excluding tert-OH is 4. The van der Waals surface area contributed by atoms with Crippen LogP contribution in [0.15, 0.2) is 24.3 Å². The molecule has 7 nitrogen and oxygen atoms in total. The first-order valence-corrected chi connectivity index (χ1v) is 6.95. The van der Waals surface area contributed by atoms with Crippen LogP contribution in [0.4, 0.5) is 0 Å². The van der Waals surface area contributed by atoms with Crippen molar-refractivity contribution in [1.82, 2.24) is 0 Å². The fourth-order valence-electron chi connectivity index (χ4n) is 2.48. The van der Waals surface area contributed by atoms with Crippen LogP contribution < -0.4 is 4.74 Å². The predicted octanol–water partition coefficient (Wildman–Crippen LogP) is -0.685. The highest BCUT2D eigenvalue weighted by molar-refractivity contribution is 5.96. The number of benzene rings is 1. The zero-order chi connectivity index (χ0) is 16.3. The number of carbonyl (C=O) groups excluding carboxylic acids is 1.